The highest BCUT2D eigenvalue weighted by molar-refractivity contribution is 7.92. The van der Waals surface area contributed by atoms with Gasteiger partial charge in [0.1, 0.15) is 5.82 Å². The number of hydrogen-bond donors (Lipinski definition) is 1. The number of nitrogens with one attached hydrogen (secondary N) is 1. The maximum atomic E-state index is 13.6. The Bertz CT molecular complexity index is 1330. The van der Waals surface area contributed by atoms with Gasteiger partial charge in [0, 0.05) is 19.6 Å². The van der Waals surface area contributed by atoms with Crippen molar-refractivity contribution in [3.05, 3.63) is 89.2 Å². The molecule has 10 heteroatoms. The van der Waals surface area contributed by atoms with Crippen LogP contribution in [0.15, 0.2) is 65.6 Å². The van der Waals surface area contributed by atoms with Gasteiger partial charge < -0.3 is 4.90 Å². The smallest absolute Gasteiger partial charge is 0.320 e. The van der Waals surface area contributed by atoms with Crippen LogP contribution in [0.2, 0.25) is 0 Å². The molecular formula is C24H22F3N3O3S. The van der Waals surface area contributed by atoms with E-state index in [0.29, 0.717) is 30.8 Å². The second-order valence-electron chi connectivity index (χ2n) is 8.04. The maximum absolute atomic E-state index is 13.6. The molecule has 0 bridgehead atoms. The predicted molar refractivity (Wildman–Crippen MR) is 123 cm³/mol. The summed E-state index contributed by atoms with van der Waals surface area (Å²) in [6.07, 6.45) is 0.591. The second kappa shape index (κ2) is 9.38. The van der Waals surface area contributed by atoms with Crippen LogP contribution in [0.1, 0.15) is 17.5 Å². The third kappa shape index (κ3) is 5.01. The highest BCUT2D eigenvalue weighted by Crippen LogP contribution is 2.32. The number of aryl methyl sites for hydroxylation is 1. The first-order chi connectivity index (χ1) is 16.1. The number of urea groups is 1. The zero-order valence-electron chi connectivity index (χ0n) is 18.3. The number of anilines is 2. The van der Waals surface area contributed by atoms with Crippen molar-refractivity contribution in [1.82, 2.24) is 4.90 Å². The van der Waals surface area contributed by atoms with Crippen LogP contribution < -0.4 is 9.62 Å². The van der Waals surface area contributed by atoms with E-state index in [4.69, 9.17) is 0 Å². The van der Waals surface area contributed by atoms with E-state index in [1.54, 1.807) is 25.1 Å². The Labute approximate surface area is 195 Å². The van der Waals surface area contributed by atoms with Gasteiger partial charge in [-0.2, -0.15) is 0 Å². The fourth-order valence-electron chi connectivity index (χ4n) is 3.79. The van der Waals surface area contributed by atoms with Crippen LogP contribution >= 0.6 is 0 Å². The van der Waals surface area contributed by atoms with Gasteiger partial charge in [-0.05, 0) is 73.0 Å². The van der Waals surface area contributed by atoms with Gasteiger partial charge in [-0.3, -0.25) is 9.62 Å². The van der Waals surface area contributed by atoms with Crippen molar-refractivity contribution < 1.29 is 26.4 Å². The summed E-state index contributed by atoms with van der Waals surface area (Å²) in [6.45, 7) is 2.63. The fraction of sp³-hybridized carbons (Fsp3) is 0.208. The molecule has 0 saturated carbocycles. The lowest BCUT2D eigenvalue weighted by Crippen LogP contribution is -2.49. The van der Waals surface area contributed by atoms with Crippen LogP contribution in [0.3, 0.4) is 0 Å². The van der Waals surface area contributed by atoms with Crippen LogP contribution in [0, 0.1) is 24.4 Å². The average Bonchev–Trinajstić information content (AvgIpc) is 2.78. The Morgan fingerprint density at radius 2 is 1.65 bits per heavy atom. The highest BCUT2D eigenvalue weighted by atomic mass is 32.2. The van der Waals surface area contributed by atoms with E-state index >= 15 is 0 Å². The summed E-state index contributed by atoms with van der Waals surface area (Å²) in [5, 5.41) is 0. The van der Waals surface area contributed by atoms with Gasteiger partial charge in [0.25, 0.3) is 10.0 Å². The van der Waals surface area contributed by atoms with Crippen molar-refractivity contribution in [1.29, 1.82) is 0 Å². The first-order valence-electron chi connectivity index (χ1n) is 10.5. The molecular weight excluding hydrogens is 467 g/mol. The summed E-state index contributed by atoms with van der Waals surface area (Å²) in [7, 11) is -4.04. The molecule has 0 aliphatic carbocycles. The van der Waals surface area contributed by atoms with Gasteiger partial charge in [0.15, 0.2) is 11.6 Å². The number of carbonyl (C=O) groups is 1. The molecule has 1 heterocycles. The molecule has 4 rings (SSSR count). The number of halogens is 3. The number of nitrogens with zero attached hydrogens (tertiary/aromatic N) is 2. The first kappa shape index (κ1) is 23.6. The van der Waals surface area contributed by atoms with Gasteiger partial charge in [0.05, 0.1) is 16.3 Å². The van der Waals surface area contributed by atoms with E-state index in [1.807, 2.05) is 0 Å². The molecule has 0 unspecified atom stereocenters. The minimum atomic E-state index is -4.04. The van der Waals surface area contributed by atoms with Crippen LogP contribution in [-0.4, -0.2) is 32.4 Å². The van der Waals surface area contributed by atoms with Crippen LogP contribution in [0.4, 0.5) is 29.3 Å². The zero-order chi connectivity index (χ0) is 24.5. The monoisotopic (exact) mass is 489 g/mol. The summed E-state index contributed by atoms with van der Waals surface area (Å²) in [4.78, 5) is 16.1. The molecule has 2 amide bonds. The molecule has 1 fully saturated rings. The maximum Gasteiger partial charge on any atom is 0.324 e. The van der Waals surface area contributed by atoms with Crippen molar-refractivity contribution in [2.75, 3.05) is 22.7 Å². The molecule has 0 radical (unpaired) electrons. The summed E-state index contributed by atoms with van der Waals surface area (Å²) in [5.41, 5.74) is 1.77. The molecule has 6 nitrogen and oxygen atoms in total. The minimum Gasteiger partial charge on any atom is -0.320 e. The lowest BCUT2D eigenvalue weighted by molar-refractivity contribution is 0.192. The van der Waals surface area contributed by atoms with Crippen molar-refractivity contribution in [2.24, 2.45) is 0 Å². The number of rotatable bonds is 6. The largest absolute Gasteiger partial charge is 0.324 e. The molecule has 3 aromatic rings. The number of hydrogen-bond acceptors (Lipinski definition) is 3. The van der Waals surface area contributed by atoms with E-state index in [2.05, 4.69) is 4.72 Å². The van der Waals surface area contributed by atoms with Crippen LogP contribution in [0.5, 0.6) is 0 Å². The molecule has 0 atom stereocenters. The summed E-state index contributed by atoms with van der Waals surface area (Å²) < 4.78 is 68.4. The van der Waals surface area contributed by atoms with E-state index in [1.165, 1.54) is 15.9 Å². The molecule has 0 aromatic heterocycles. The summed E-state index contributed by atoms with van der Waals surface area (Å²) in [6, 6.07) is 12.5. The first-order valence-corrected chi connectivity index (χ1v) is 12.0. The molecule has 0 spiro atoms. The van der Waals surface area contributed by atoms with E-state index < -0.39 is 27.5 Å². The summed E-state index contributed by atoms with van der Waals surface area (Å²) >= 11 is 0. The summed E-state index contributed by atoms with van der Waals surface area (Å²) in [5.74, 6) is -2.52. The van der Waals surface area contributed by atoms with Crippen molar-refractivity contribution >= 4 is 27.4 Å². The fourth-order valence-corrected chi connectivity index (χ4v) is 4.86. The molecule has 3 aromatic carbocycles. The number of benzene rings is 3. The van der Waals surface area contributed by atoms with Crippen molar-refractivity contribution in [2.45, 2.75) is 24.8 Å². The van der Waals surface area contributed by atoms with Gasteiger partial charge in [-0.15, -0.1) is 0 Å². The number of amides is 2. The molecule has 1 N–H and O–H groups in total. The Balaban J connectivity index is 1.61. The van der Waals surface area contributed by atoms with E-state index in [9.17, 15) is 26.4 Å². The lowest BCUT2D eigenvalue weighted by Gasteiger charge is -2.36. The van der Waals surface area contributed by atoms with Crippen molar-refractivity contribution in [3.8, 4) is 0 Å². The Morgan fingerprint density at radius 1 is 0.912 bits per heavy atom. The third-order valence-corrected chi connectivity index (χ3v) is 6.86. The van der Waals surface area contributed by atoms with E-state index in [-0.39, 0.29) is 23.2 Å². The Hall–Kier alpha value is -3.53. The topological polar surface area (TPSA) is 69.7 Å². The number of sulfonamides is 1. The molecule has 34 heavy (non-hydrogen) atoms. The normalized spacial score (nSPS) is 14.4. The standard InChI is InChI=1S/C24H22F3N3O3S/c1-16-3-10-23(22(13-16)28-34(32,33)19-7-5-18(25)6-8-19)30-12-2-11-29(24(30)31)15-17-4-9-20(26)21(27)14-17/h3-10,13-14,28H,2,11-12,15H2,1H3. The van der Waals surface area contributed by atoms with E-state index in [0.717, 1.165) is 42.0 Å². The Kier molecular flexibility index (Phi) is 6.52. The second-order valence-corrected chi connectivity index (χ2v) is 9.72. The van der Waals surface area contributed by atoms with Gasteiger partial charge in [-0.1, -0.05) is 12.1 Å². The van der Waals surface area contributed by atoms with Crippen LogP contribution in [0.25, 0.3) is 0 Å². The highest BCUT2D eigenvalue weighted by Gasteiger charge is 2.29. The predicted octanol–water partition coefficient (Wildman–Crippen LogP) is 5.05. The zero-order valence-corrected chi connectivity index (χ0v) is 19.1. The van der Waals surface area contributed by atoms with Gasteiger partial charge >= 0.3 is 6.03 Å². The SMILES string of the molecule is Cc1ccc(N2CCCN(Cc3ccc(F)c(F)c3)C2=O)c(NS(=O)(=O)c2ccc(F)cc2)c1. The molecule has 1 aliphatic heterocycles. The van der Waals surface area contributed by atoms with Crippen LogP contribution in [-0.2, 0) is 16.6 Å². The molecule has 1 saturated heterocycles. The van der Waals surface area contributed by atoms with Gasteiger partial charge in [-0.25, -0.2) is 26.4 Å². The molecule has 1 aliphatic rings. The van der Waals surface area contributed by atoms with Crippen molar-refractivity contribution in [3.63, 3.8) is 0 Å². The number of carbonyl (C=O) groups excluding carboxylic acids is 1. The molecule has 178 valence electrons. The average molecular weight is 490 g/mol. The lowest BCUT2D eigenvalue weighted by atomic mass is 10.1. The third-order valence-electron chi connectivity index (χ3n) is 5.48. The minimum absolute atomic E-state index is 0.0784. The quantitative estimate of drug-likeness (QED) is 0.527. The van der Waals surface area contributed by atoms with Gasteiger partial charge in [0.2, 0.25) is 0 Å². The Morgan fingerprint density at radius 3 is 2.35 bits per heavy atom.